The highest BCUT2D eigenvalue weighted by atomic mass is 16.4. The number of hydrogen-bond acceptors (Lipinski definition) is 2. The molecule has 0 aromatic rings. The first-order valence-corrected chi connectivity index (χ1v) is 5.53. The van der Waals surface area contributed by atoms with Gasteiger partial charge in [0.2, 0.25) is 0 Å². The van der Waals surface area contributed by atoms with Crippen molar-refractivity contribution in [2.75, 3.05) is 6.54 Å². The Balaban J connectivity index is 2.62. The van der Waals surface area contributed by atoms with Crippen LogP contribution in [0.3, 0.4) is 0 Å². The van der Waals surface area contributed by atoms with Crippen molar-refractivity contribution in [1.29, 1.82) is 0 Å². The molecular formula is C11H21NO2. The van der Waals surface area contributed by atoms with Crippen LogP contribution in [0.5, 0.6) is 0 Å². The number of carbonyl (C=O) groups is 1. The average Bonchev–Trinajstić information content (AvgIpc) is 2.09. The van der Waals surface area contributed by atoms with Crippen LogP contribution < -0.4 is 5.32 Å². The molecule has 2 unspecified atom stereocenters. The van der Waals surface area contributed by atoms with Gasteiger partial charge in [-0.15, -0.1) is 0 Å². The van der Waals surface area contributed by atoms with Crippen molar-refractivity contribution in [1.82, 2.24) is 5.32 Å². The lowest BCUT2D eigenvalue weighted by atomic mass is 9.71. The molecule has 1 fully saturated rings. The van der Waals surface area contributed by atoms with E-state index < -0.39 is 5.97 Å². The maximum Gasteiger partial charge on any atom is 0.304 e. The zero-order valence-corrected chi connectivity index (χ0v) is 9.18. The third-order valence-corrected chi connectivity index (χ3v) is 3.36. The summed E-state index contributed by atoms with van der Waals surface area (Å²) in [5.41, 5.74) is 0.186. The number of nitrogens with one attached hydrogen (secondary N) is 1. The fourth-order valence-corrected chi connectivity index (χ4v) is 2.55. The zero-order chi connectivity index (χ0) is 10.6. The molecule has 0 saturated carbocycles. The Hall–Kier alpha value is -0.570. The van der Waals surface area contributed by atoms with Crippen molar-refractivity contribution in [2.24, 2.45) is 5.41 Å². The van der Waals surface area contributed by atoms with E-state index in [0.717, 1.165) is 25.8 Å². The second-order valence-corrected chi connectivity index (χ2v) is 4.61. The molecule has 2 atom stereocenters. The van der Waals surface area contributed by atoms with E-state index in [2.05, 4.69) is 19.2 Å². The normalized spacial score (nSPS) is 32.9. The minimum atomic E-state index is -0.688. The number of rotatable bonds is 4. The molecule has 0 radical (unpaired) electrons. The molecular weight excluding hydrogens is 178 g/mol. The van der Waals surface area contributed by atoms with Gasteiger partial charge in [-0.05, 0) is 31.2 Å². The predicted octanol–water partition coefficient (Wildman–Crippen LogP) is 2.02. The molecule has 2 N–H and O–H groups in total. The number of hydrogen-bond donors (Lipinski definition) is 2. The summed E-state index contributed by atoms with van der Waals surface area (Å²) >= 11 is 0. The van der Waals surface area contributed by atoms with Crippen LogP contribution in [0.2, 0.25) is 0 Å². The van der Waals surface area contributed by atoms with E-state index in [1.165, 1.54) is 6.42 Å². The van der Waals surface area contributed by atoms with E-state index in [9.17, 15) is 4.79 Å². The van der Waals surface area contributed by atoms with Crippen LogP contribution in [0, 0.1) is 5.41 Å². The summed E-state index contributed by atoms with van der Waals surface area (Å²) in [7, 11) is 0. The molecule has 1 aliphatic rings. The molecule has 0 aromatic carbocycles. The van der Waals surface area contributed by atoms with Gasteiger partial charge in [-0.2, -0.15) is 0 Å². The topological polar surface area (TPSA) is 49.3 Å². The lowest BCUT2D eigenvalue weighted by Crippen LogP contribution is -2.49. The van der Waals surface area contributed by atoms with E-state index in [0.29, 0.717) is 0 Å². The summed E-state index contributed by atoms with van der Waals surface area (Å²) in [6.07, 6.45) is 4.85. The number of carboxylic acids is 1. The highest BCUT2D eigenvalue weighted by Gasteiger charge is 2.36. The van der Waals surface area contributed by atoms with Crippen molar-refractivity contribution < 1.29 is 9.90 Å². The molecule has 1 heterocycles. The highest BCUT2D eigenvalue weighted by Crippen LogP contribution is 2.36. The SMILES string of the molecule is CCCC1(C)CCCNC1CC(=O)O. The van der Waals surface area contributed by atoms with Gasteiger partial charge in [0.15, 0.2) is 0 Å². The summed E-state index contributed by atoms with van der Waals surface area (Å²) in [6, 6.07) is 0.161. The van der Waals surface area contributed by atoms with Crippen molar-refractivity contribution in [3.8, 4) is 0 Å². The summed E-state index contributed by atoms with van der Waals surface area (Å²) in [4.78, 5) is 10.7. The standard InChI is InChI=1S/C11H21NO2/c1-3-5-11(2)6-4-7-12-9(11)8-10(13)14/h9,12H,3-8H2,1-2H3,(H,13,14). The first kappa shape index (κ1) is 11.5. The number of aliphatic carboxylic acids is 1. The van der Waals surface area contributed by atoms with Crippen LogP contribution in [0.15, 0.2) is 0 Å². The quantitative estimate of drug-likeness (QED) is 0.728. The maximum atomic E-state index is 10.7. The van der Waals surface area contributed by atoms with Gasteiger partial charge in [0.1, 0.15) is 0 Å². The largest absolute Gasteiger partial charge is 0.481 e. The van der Waals surface area contributed by atoms with Crippen molar-refractivity contribution in [3.63, 3.8) is 0 Å². The van der Waals surface area contributed by atoms with E-state index in [1.54, 1.807) is 0 Å². The van der Waals surface area contributed by atoms with Gasteiger partial charge >= 0.3 is 5.97 Å². The Morgan fingerprint density at radius 3 is 2.93 bits per heavy atom. The van der Waals surface area contributed by atoms with Crippen molar-refractivity contribution >= 4 is 5.97 Å². The Kier molecular flexibility index (Phi) is 3.93. The van der Waals surface area contributed by atoms with Crippen LogP contribution in [0.25, 0.3) is 0 Å². The third-order valence-electron chi connectivity index (χ3n) is 3.36. The summed E-state index contributed by atoms with van der Waals surface area (Å²) in [5.74, 6) is -0.688. The van der Waals surface area contributed by atoms with Crippen LogP contribution in [0.4, 0.5) is 0 Å². The van der Waals surface area contributed by atoms with E-state index >= 15 is 0 Å². The molecule has 3 heteroatoms. The minimum Gasteiger partial charge on any atom is -0.481 e. The van der Waals surface area contributed by atoms with Gasteiger partial charge in [0.25, 0.3) is 0 Å². The molecule has 3 nitrogen and oxygen atoms in total. The molecule has 0 spiro atoms. The molecule has 0 aromatic heterocycles. The molecule has 14 heavy (non-hydrogen) atoms. The van der Waals surface area contributed by atoms with Gasteiger partial charge in [-0.3, -0.25) is 4.79 Å². The molecule has 1 aliphatic heterocycles. The molecule has 0 amide bonds. The number of piperidine rings is 1. The Morgan fingerprint density at radius 1 is 1.64 bits per heavy atom. The van der Waals surface area contributed by atoms with Gasteiger partial charge < -0.3 is 10.4 Å². The van der Waals surface area contributed by atoms with Gasteiger partial charge in [-0.25, -0.2) is 0 Å². The molecule has 0 bridgehead atoms. The zero-order valence-electron chi connectivity index (χ0n) is 9.18. The highest BCUT2D eigenvalue weighted by molar-refractivity contribution is 5.67. The van der Waals surface area contributed by atoms with Crippen molar-refractivity contribution in [2.45, 2.75) is 52.0 Å². The first-order chi connectivity index (χ1) is 6.58. The molecule has 1 rings (SSSR count). The lowest BCUT2D eigenvalue weighted by Gasteiger charge is -2.41. The second-order valence-electron chi connectivity index (χ2n) is 4.61. The van der Waals surface area contributed by atoms with E-state index in [-0.39, 0.29) is 17.9 Å². The molecule has 1 saturated heterocycles. The third kappa shape index (κ3) is 2.71. The predicted molar refractivity (Wildman–Crippen MR) is 56.3 cm³/mol. The van der Waals surface area contributed by atoms with Crippen LogP contribution in [-0.2, 0) is 4.79 Å². The molecule has 0 aliphatic carbocycles. The second kappa shape index (κ2) is 4.78. The smallest absolute Gasteiger partial charge is 0.304 e. The maximum absolute atomic E-state index is 10.7. The van der Waals surface area contributed by atoms with Gasteiger partial charge in [0, 0.05) is 6.04 Å². The van der Waals surface area contributed by atoms with Gasteiger partial charge in [-0.1, -0.05) is 20.3 Å². The summed E-state index contributed by atoms with van der Waals surface area (Å²) in [5, 5.41) is 12.2. The fourth-order valence-electron chi connectivity index (χ4n) is 2.55. The van der Waals surface area contributed by atoms with Crippen molar-refractivity contribution in [3.05, 3.63) is 0 Å². The Bertz CT molecular complexity index is 201. The summed E-state index contributed by atoms with van der Waals surface area (Å²) < 4.78 is 0. The minimum absolute atomic E-state index is 0.161. The monoisotopic (exact) mass is 199 g/mol. The van der Waals surface area contributed by atoms with Gasteiger partial charge in [0.05, 0.1) is 6.42 Å². The summed E-state index contributed by atoms with van der Waals surface area (Å²) in [6.45, 7) is 5.35. The average molecular weight is 199 g/mol. The molecule has 82 valence electrons. The first-order valence-electron chi connectivity index (χ1n) is 5.53. The van der Waals surface area contributed by atoms with E-state index in [1.807, 2.05) is 0 Å². The van der Waals surface area contributed by atoms with Crippen LogP contribution in [-0.4, -0.2) is 23.7 Å². The fraction of sp³-hybridized carbons (Fsp3) is 0.909. The van der Waals surface area contributed by atoms with Crippen LogP contribution in [0.1, 0.15) is 46.0 Å². The van der Waals surface area contributed by atoms with E-state index in [4.69, 9.17) is 5.11 Å². The Labute approximate surface area is 85.9 Å². The number of carboxylic acid groups (broad SMARTS) is 1. The Morgan fingerprint density at radius 2 is 2.36 bits per heavy atom. The van der Waals surface area contributed by atoms with Crippen LogP contribution >= 0.6 is 0 Å². The lowest BCUT2D eigenvalue weighted by molar-refractivity contribution is -0.138.